The molecular weight excluding hydrogens is 242 g/mol. The lowest BCUT2D eigenvalue weighted by Crippen LogP contribution is -2.48. The summed E-state index contributed by atoms with van der Waals surface area (Å²) in [5, 5.41) is 3.05. The Morgan fingerprint density at radius 3 is 2.42 bits per heavy atom. The molecule has 1 aliphatic carbocycles. The summed E-state index contributed by atoms with van der Waals surface area (Å²) in [6, 6.07) is 0. The molecule has 0 aromatic carbocycles. The fraction of sp³-hybridized carbons (Fsp3) is 0.933. The molecule has 0 heterocycles. The van der Waals surface area contributed by atoms with Crippen molar-refractivity contribution in [3.63, 3.8) is 0 Å². The molecule has 0 amide bonds. The van der Waals surface area contributed by atoms with Gasteiger partial charge in [0.1, 0.15) is 5.54 Å². The number of hydrogen-bond donors (Lipinski definition) is 1. The van der Waals surface area contributed by atoms with Crippen LogP contribution < -0.4 is 5.32 Å². The first-order chi connectivity index (χ1) is 9.12. The average Bonchev–Trinajstić information content (AvgIpc) is 2.71. The van der Waals surface area contributed by atoms with Crippen molar-refractivity contribution in [3.05, 3.63) is 0 Å². The maximum absolute atomic E-state index is 11.7. The Morgan fingerprint density at radius 1 is 1.26 bits per heavy atom. The molecule has 19 heavy (non-hydrogen) atoms. The molecular formula is C15H29NO3. The molecule has 0 radical (unpaired) electrons. The molecule has 0 aromatic heterocycles. The van der Waals surface area contributed by atoms with Gasteiger partial charge in [-0.3, -0.25) is 4.79 Å². The minimum atomic E-state index is -0.596. The predicted octanol–water partition coefficient (Wildman–Crippen LogP) is 2.66. The number of methoxy groups -OCH3 is 1. The number of carbonyl (C=O) groups excluding carboxylic acids is 1. The van der Waals surface area contributed by atoms with E-state index in [0.29, 0.717) is 6.10 Å². The smallest absolute Gasteiger partial charge is 0.325 e. The van der Waals surface area contributed by atoms with Crippen LogP contribution in [0.3, 0.4) is 0 Å². The van der Waals surface area contributed by atoms with Gasteiger partial charge in [-0.2, -0.15) is 0 Å². The van der Waals surface area contributed by atoms with Gasteiger partial charge in [0.2, 0.25) is 0 Å². The molecule has 1 rings (SSSR count). The van der Waals surface area contributed by atoms with Gasteiger partial charge < -0.3 is 14.8 Å². The molecule has 4 heteroatoms. The van der Waals surface area contributed by atoms with Gasteiger partial charge in [-0.1, -0.05) is 25.7 Å². The molecule has 1 saturated carbocycles. The van der Waals surface area contributed by atoms with Crippen LogP contribution >= 0.6 is 0 Å². The Morgan fingerprint density at radius 2 is 1.89 bits per heavy atom. The number of rotatable bonds is 7. The Kier molecular flexibility index (Phi) is 7.39. The van der Waals surface area contributed by atoms with Gasteiger partial charge in [0.05, 0.1) is 13.2 Å². The third-order valence-corrected chi connectivity index (χ3v) is 4.16. The van der Waals surface area contributed by atoms with Gasteiger partial charge in [-0.15, -0.1) is 0 Å². The van der Waals surface area contributed by atoms with E-state index in [1.54, 1.807) is 7.05 Å². The number of ether oxygens (including phenoxy) is 2. The zero-order valence-electron chi connectivity index (χ0n) is 12.7. The highest BCUT2D eigenvalue weighted by molar-refractivity contribution is 5.80. The lowest BCUT2D eigenvalue weighted by molar-refractivity contribution is -0.148. The largest absolute Gasteiger partial charge is 0.468 e. The molecule has 1 aliphatic rings. The average molecular weight is 271 g/mol. The first kappa shape index (κ1) is 16.4. The molecule has 0 aliphatic heterocycles. The van der Waals surface area contributed by atoms with E-state index in [4.69, 9.17) is 9.47 Å². The van der Waals surface area contributed by atoms with Crippen LogP contribution in [0.25, 0.3) is 0 Å². The third-order valence-electron chi connectivity index (χ3n) is 4.16. The lowest BCUT2D eigenvalue weighted by atomic mass is 9.96. The van der Waals surface area contributed by atoms with Crippen LogP contribution in [0, 0.1) is 0 Å². The van der Waals surface area contributed by atoms with E-state index in [2.05, 4.69) is 5.32 Å². The van der Waals surface area contributed by atoms with Crippen LogP contribution in [0.4, 0.5) is 0 Å². The summed E-state index contributed by atoms with van der Waals surface area (Å²) < 4.78 is 10.8. The molecule has 1 unspecified atom stereocenters. The monoisotopic (exact) mass is 271 g/mol. The maximum atomic E-state index is 11.7. The Bertz CT molecular complexity index is 262. The van der Waals surface area contributed by atoms with Crippen LogP contribution in [-0.4, -0.2) is 38.4 Å². The molecule has 4 nitrogen and oxygen atoms in total. The van der Waals surface area contributed by atoms with Gasteiger partial charge in [-0.25, -0.2) is 0 Å². The highest BCUT2D eigenvalue weighted by Gasteiger charge is 2.31. The van der Waals surface area contributed by atoms with Crippen molar-refractivity contribution in [2.45, 2.75) is 69.9 Å². The van der Waals surface area contributed by atoms with Gasteiger partial charge >= 0.3 is 5.97 Å². The van der Waals surface area contributed by atoms with Gasteiger partial charge in [0.25, 0.3) is 0 Å². The summed E-state index contributed by atoms with van der Waals surface area (Å²) in [7, 11) is 3.23. The van der Waals surface area contributed by atoms with Gasteiger partial charge in [0.15, 0.2) is 0 Å². The van der Waals surface area contributed by atoms with E-state index in [0.717, 1.165) is 19.4 Å². The summed E-state index contributed by atoms with van der Waals surface area (Å²) >= 11 is 0. The molecule has 112 valence electrons. The number of nitrogens with one attached hydrogen (secondary N) is 1. The molecule has 1 N–H and O–H groups in total. The maximum Gasteiger partial charge on any atom is 0.325 e. The van der Waals surface area contributed by atoms with Crippen molar-refractivity contribution in [1.29, 1.82) is 0 Å². The topological polar surface area (TPSA) is 47.6 Å². The van der Waals surface area contributed by atoms with Crippen molar-refractivity contribution in [2.24, 2.45) is 0 Å². The van der Waals surface area contributed by atoms with Gasteiger partial charge in [0, 0.05) is 6.61 Å². The summed E-state index contributed by atoms with van der Waals surface area (Å²) in [6.07, 6.45) is 9.72. The standard InChI is InChI=1S/C15H29NO3/c1-15(16-2,14(17)18-3)11-8-12-19-13-9-6-4-5-7-10-13/h13,16H,4-12H2,1-3H3. The Balaban J connectivity index is 2.23. The zero-order chi connectivity index (χ0) is 14.1. The van der Waals surface area contributed by atoms with Crippen LogP contribution in [0.1, 0.15) is 58.3 Å². The molecule has 0 saturated heterocycles. The first-order valence-corrected chi connectivity index (χ1v) is 7.51. The quantitative estimate of drug-likeness (QED) is 0.439. The summed E-state index contributed by atoms with van der Waals surface area (Å²) in [4.78, 5) is 11.7. The minimum Gasteiger partial charge on any atom is -0.468 e. The third kappa shape index (κ3) is 5.49. The van der Waals surface area contributed by atoms with Crippen LogP contribution in [0.15, 0.2) is 0 Å². The highest BCUT2D eigenvalue weighted by Crippen LogP contribution is 2.21. The predicted molar refractivity (Wildman–Crippen MR) is 76.2 cm³/mol. The second kappa shape index (κ2) is 8.54. The highest BCUT2D eigenvalue weighted by atomic mass is 16.5. The second-order valence-corrected chi connectivity index (χ2v) is 5.66. The van der Waals surface area contributed by atoms with E-state index in [1.807, 2.05) is 6.92 Å². The second-order valence-electron chi connectivity index (χ2n) is 5.66. The fourth-order valence-electron chi connectivity index (χ4n) is 2.64. The number of carbonyl (C=O) groups is 1. The van der Waals surface area contributed by atoms with Crippen molar-refractivity contribution in [3.8, 4) is 0 Å². The fourth-order valence-corrected chi connectivity index (χ4v) is 2.64. The summed E-state index contributed by atoms with van der Waals surface area (Å²) in [5.41, 5.74) is -0.596. The van der Waals surface area contributed by atoms with E-state index >= 15 is 0 Å². The molecule has 0 spiro atoms. The van der Waals surface area contributed by atoms with E-state index in [9.17, 15) is 4.79 Å². The molecule has 0 bridgehead atoms. The Labute approximate surface area is 117 Å². The minimum absolute atomic E-state index is 0.204. The molecule has 1 fully saturated rings. The summed E-state index contributed by atoms with van der Waals surface area (Å²) in [6.45, 7) is 2.61. The van der Waals surface area contributed by atoms with Crippen LogP contribution in [0.5, 0.6) is 0 Å². The van der Waals surface area contributed by atoms with Crippen molar-refractivity contribution in [2.75, 3.05) is 20.8 Å². The van der Waals surface area contributed by atoms with Crippen LogP contribution in [0.2, 0.25) is 0 Å². The number of hydrogen-bond acceptors (Lipinski definition) is 4. The van der Waals surface area contributed by atoms with Crippen molar-refractivity contribution >= 4 is 5.97 Å². The van der Waals surface area contributed by atoms with E-state index in [-0.39, 0.29) is 5.97 Å². The SMILES string of the molecule is CNC(C)(CCCOC1CCCCCC1)C(=O)OC. The number of esters is 1. The van der Waals surface area contributed by atoms with E-state index in [1.165, 1.54) is 45.6 Å². The number of likely N-dealkylation sites (N-methyl/N-ethyl adjacent to an activating group) is 1. The van der Waals surface area contributed by atoms with Crippen molar-refractivity contribution < 1.29 is 14.3 Å². The van der Waals surface area contributed by atoms with Crippen LogP contribution in [-0.2, 0) is 14.3 Å². The lowest BCUT2D eigenvalue weighted by Gasteiger charge is -2.26. The zero-order valence-corrected chi connectivity index (χ0v) is 12.7. The van der Waals surface area contributed by atoms with Gasteiger partial charge in [-0.05, 0) is 39.7 Å². The Hall–Kier alpha value is -0.610. The molecule has 1 atom stereocenters. The normalized spacial score (nSPS) is 20.6. The first-order valence-electron chi connectivity index (χ1n) is 7.51. The molecule has 0 aromatic rings. The summed E-state index contributed by atoms with van der Waals surface area (Å²) in [5.74, 6) is -0.204. The van der Waals surface area contributed by atoms with Crippen molar-refractivity contribution in [1.82, 2.24) is 5.32 Å². The van der Waals surface area contributed by atoms with E-state index < -0.39 is 5.54 Å².